The number of hydrogen-bond acceptors (Lipinski definition) is 2. The molecule has 0 aromatic heterocycles. The van der Waals surface area contributed by atoms with Gasteiger partial charge in [-0.15, -0.1) is 0 Å². The van der Waals surface area contributed by atoms with Gasteiger partial charge in [-0.2, -0.15) is 0 Å². The molecule has 1 amide bonds. The van der Waals surface area contributed by atoms with Gasteiger partial charge in [-0.1, -0.05) is 28.1 Å². The number of carbonyl (C=O) groups is 1. The third-order valence-corrected chi connectivity index (χ3v) is 4.39. The van der Waals surface area contributed by atoms with Gasteiger partial charge in [0.15, 0.2) is 0 Å². The Morgan fingerprint density at radius 2 is 2.25 bits per heavy atom. The highest BCUT2D eigenvalue weighted by Crippen LogP contribution is 2.25. The van der Waals surface area contributed by atoms with Gasteiger partial charge in [0.1, 0.15) is 0 Å². The Morgan fingerprint density at radius 3 is 2.80 bits per heavy atom. The quantitative estimate of drug-likeness (QED) is 0.838. The molecule has 0 unspecified atom stereocenters. The molecular formula is C16H20BrNO2. The predicted octanol–water partition coefficient (Wildman–Crippen LogP) is 3.14. The van der Waals surface area contributed by atoms with E-state index in [1.165, 1.54) is 12.0 Å². The van der Waals surface area contributed by atoms with Gasteiger partial charge in [0.25, 0.3) is 0 Å². The van der Waals surface area contributed by atoms with Crippen LogP contribution < -0.4 is 0 Å². The van der Waals surface area contributed by atoms with Crippen LogP contribution in [0.15, 0.2) is 28.7 Å². The van der Waals surface area contributed by atoms with Gasteiger partial charge in [0, 0.05) is 23.1 Å². The number of amides is 1. The first-order valence-corrected chi connectivity index (χ1v) is 7.77. The van der Waals surface area contributed by atoms with Crippen molar-refractivity contribution >= 4 is 27.9 Å². The summed E-state index contributed by atoms with van der Waals surface area (Å²) in [5, 5.41) is 9.09. The molecule has 0 radical (unpaired) electrons. The van der Waals surface area contributed by atoms with E-state index in [0.29, 0.717) is 12.6 Å². The summed E-state index contributed by atoms with van der Waals surface area (Å²) in [5.74, 6) is -0.0174. The average Bonchev–Trinajstić information content (AvgIpc) is 2.34. The minimum Gasteiger partial charge on any atom is -0.395 e. The van der Waals surface area contributed by atoms with Gasteiger partial charge >= 0.3 is 0 Å². The van der Waals surface area contributed by atoms with Crippen molar-refractivity contribution in [2.75, 3.05) is 13.2 Å². The van der Waals surface area contributed by atoms with Crippen molar-refractivity contribution in [3.05, 3.63) is 39.9 Å². The highest BCUT2D eigenvalue weighted by molar-refractivity contribution is 9.10. The van der Waals surface area contributed by atoms with E-state index in [1.54, 1.807) is 11.0 Å². The third kappa shape index (κ3) is 3.70. The number of hydrogen-bond donors (Lipinski definition) is 1. The van der Waals surface area contributed by atoms with Crippen molar-refractivity contribution in [3.8, 4) is 0 Å². The molecule has 0 spiro atoms. The molecule has 0 bridgehead atoms. The zero-order chi connectivity index (χ0) is 14.5. The highest BCUT2D eigenvalue weighted by atomic mass is 79.9. The van der Waals surface area contributed by atoms with E-state index in [-0.39, 0.29) is 12.5 Å². The zero-order valence-corrected chi connectivity index (χ0v) is 13.3. The minimum atomic E-state index is -0.0174. The zero-order valence-electron chi connectivity index (χ0n) is 11.7. The van der Waals surface area contributed by atoms with Crippen molar-refractivity contribution in [2.45, 2.75) is 32.2 Å². The Hall–Kier alpha value is -1.13. The van der Waals surface area contributed by atoms with E-state index >= 15 is 0 Å². The summed E-state index contributed by atoms with van der Waals surface area (Å²) in [6.45, 7) is 2.47. The smallest absolute Gasteiger partial charge is 0.246 e. The van der Waals surface area contributed by atoms with Crippen LogP contribution in [-0.2, 0) is 4.79 Å². The first-order chi connectivity index (χ1) is 9.61. The predicted molar refractivity (Wildman–Crippen MR) is 84.4 cm³/mol. The van der Waals surface area contributed by atoms with Crippen LogP contribution in [0.3, 0.4) is 0 Å². The van der Waals surface area contributed by atoms with Crippen molar-refractivity contribution in [1.29, 1.82) is 0 Å². The fourth-order valence-corrected chi connectivity index (χ4v) is 2.93. The first kappa shape index (κ1) is 15.3. The summed E-state index contributed by atoms with van der Waals surface area (Å²) in [4.78, 5) is 14.0. The molecule has 20 heavy (non-hydrogen) atoms. The minimum absolute atomic E-state index is 0.0174. The molecule has 0 aliphatic heterocycles. The lowest BCUT2D eigenvalue weighted by atomic mass is 9.91. The van der Waals surface area contributed by atoms with Crippen molar-refractivity contribution in [1.82, 2.24) is 4.90 Å². The standard InChI is InChI=1S/C16H20BrNO2/c1-12-5-6-13(15(17)11-12)7-8-16(20)18(9-10-19)14-3-2-4-14/h5-8,11,14,19H,2-4,9-10H2,1H3/b8-7+. The number of aryl methyl sites for hydroxylation is 1. The molecule has 1 aliphatic carbocycles. The number of aliphatic hydroxyl groups excluding tert-OH is 1. The molecular weight excluding hydrogens is 318 g/mol. The first-order valence-electron chi connectivity index (χ1n) is 6.97. The van der Waals surface area contributed by atoms with Gasteiger partial charge in [-0.3, -0.25) is 4.79 Å². The van der Waals surface area contributed by atoms with E-state index in [2.05, 4.69) is 15.9 Å². The second-order valence-electron chi connectivity index (χ2n) is 5.20. The Morgan fingerprint density at radius 1 is 1.50 bits per heavy atom. The molecule has 1 aromatic carbocycles. The lowest BCUT2D eigenvalue weighted by Gasteiger charge is -2.36. The van der Waals surface area contributed by atoms with Crippen LogP contribution in [0.25, 0.3) is 6.08 Å². The van der Waals surface area contributed by atoms with Crippen LogP contribution >= 0.6 is 15.9 Å². The van der Waals surface area contributed by atoms with E-state index < -0.39 is 0 Å². The second-order valence-corrected chi connectivity index (χ2v) is 6.05. The number of rotatable bonds is 5. The fraction of sp³-hybridized carbons (Fsp3) is 0.438. The number of nitrogens with zero attached hydrogens (tertiary/aromatic N) is 1. The summed E-state index contributed by atoms with van der Waals surface area (Å²) in [5.41, 5.74) is 2.17. The van der Waals surface area contributed by atoms with Crippen LogP contribution in [-0.4, -0.2) is 35.1 Å². The van der Waals surface area contributed by atoms with Crippen molar-refractivity contribution in [3.63, 3.8) is 0 Å². The molecule has 0 atom stereocenters. The number of aliphatic hydroxyl groups is 1. The van der Waals surface area contributed by atoms with Gasteiger partial charge in [-0.25, -0.2) is 0 Å². The Bertz CT molecular complexity index is 509. The molecule has 1 N–H and O–H groups in total. The molecule has 1 aliphatic rings. The largest absolute Gasteiger partial charge is 0.395 e. The van der Waals surface area contributed by atoms with Gasteiger partial charge in [0.2, 0.25) is 5.91 Å². The second kappa shape index (κ2) is 7.04. The Labute approximate surface area is 128 Å². The van der Waals surface area contributed by atoms with E-state index in [0.717, 1.165) is 22.9 Å². The van der Waals surface area contributed by atoms with Crippen LogP contribution in [0.5, 0.6) is 0 Å². The highest BCUT2D eigenvalue weighted by Gasteiger charge is 2.26. The summed E-state index contributed by atoms with van der Waals surface area (Å²) in [7, 11) is 0. The molecule has 1 fully saturated rings. The Balaban J connectivity index is 2.06. The summed E-state index contributed by atoms with van der Waals surface area (Å²) >= 11 is 3.50. The lowest BCUT2D eigenvalue weighted by molar-refractivity contribution is -0.130. The molecule has 1 saturated carbocycles. The number of halogens is 1. The molecule has 0 saturated heterocycles. The molecule has 1 aromatic rings. The molecule has 3 nitrogen and oxygen atoms in total. The maximum atomic E-state index is 12.2. The normalized spacial score (nSPS) is 15.3. The maximum absolute atomic E-state index is 12.2. The third-order valence-electron chi connectivity index (χ3n) is 3.70. The maximum Gasteiger partial charge on any atom is 0.246 e. The van der Waals surface area contributed by atoms with Crippen LogP contribution in [0, 0.1) is 6.92 Å². The topological polar surface area (TPSA) is 40.5 Å². The summed E-state index contributed by atoms with van der Waals surface area (Å²) in [6.07, 6.45) is 6.70. The molecule has 0 heterocycles. The van der Waals surface area contributed by atoms with E-state index in [1.807, 2.05) is 31.2 Å². The lowest BCUT2D eigenvalue weighted by Crippen LogP contribution is -2.44. The molecule has 4 heteroatoms. The molecule has 2 rings (SSSR count). The Kier molecular flexibility index (Phi) is 5.38. The van der Waals surface area contributed by atoms with Crippen LogP contribution in [0.1, 0.15) is 30.4 Å². The van der Waals surface area contributed by atoms with Gasteiger partial charge in [0.05, 0.1) is 6.61 Å². The van der Waals surface area contributed by atoms with Crippen molar-refractivity contribution in [2.24, 2.45) is 0 Å². The van der Waals surface area contributed by atoms with Gasteiger partial charge < -0.3 is 10.0 Å². The monoisotopic (exact) mass is 337 g/mol. The van der Waals surface area contributed by atoms with Gasteiger partial charge in [-0.05, 0) is 49.5 Å². The summed E-state index contributed by atoms with van der Waals surface area (Å²) < 4.78 is 0.985. The molecule has 108 valence electrons. The van der Waals surface area contributed by atoms with Crippen LogP contribution in [0.4, 0.5) is 0 Å². The van der Waals surface area contributed by atoms with E-state index in [4.69, 9.17) is 5.11 Å². The summed E-state index contributed by atoms with van der Waals surface area (Å²) in [6, 6.07) is 6.34. The van der Waals surface area contributed by atoms with Crippen LogP contribution in [0.2, 0.25) is 0 Å². The fourth-order valence-electron chi connectivity index (χ4n) is 2.30. The van der Waals surface area contributed by atoms with E-state index in [9.17, 15) is 4.79 Å². The number of carbonyl (C=O) groups excluding carboxylic acids is 1. The number of benzene rings is 1. The average molecular weight is 338 g/mol. The SMILES string of the molecule is Cc1ccc(/C=C/C(=O)N(CCO)C2CCC2)c(Br)c1. The van der Waals surface area contributed by atoms with Crippen molar-refractivity contribution < 1.29 is 9.90 Å².